The molecule has 2 aliphatic heterocycles. The van der Waals surface area contributed by atoms with Crippen LogP contribution in [0.25, 0.3) is 5.76 Å². The molecular weight excluding hydrogens is 508 g/mol. The molecule has 4 rings (SSSR count). The molecule has 8 nitrogen and oxygen atoms in total. The maximum absolute atomic E-state index is 13.4. The zero-order valence-corrected chi connectivity index (χ0v) is 23.8. The van der Waals surface area contributed by atoms with Crippen molar-refractivity contribution in [3.63, 3.8) is 0 Å². The second-order valence-electron chi connectivity index (χ2n) is 10.3. The van der Waals surface area contributed by atoms with Crippen LogP contribution in [-0.4, -0.2) is 79.2 Å². The Morgan fingerprint density at radius 1 is 0.850 bits per heavy atom. The lowest BCUT2D eigenvalue weighted by molar-refractivity contribution is -0.140. The zero-order chi connectivity index (χ0) is 28.3. The summed E-state index contributed by atoms with van der Waals surface area (Å²) < 4.78 is 17.0. The number of hydrogen-bond donors (Lipinski definition) is 1. The average molecular weight is 551 g/mol. The van der Waals surface area contributed by atoms with Gasteiger partial charge in [0.2, 0.25) is 0 Å². The van der Waals surface area contributed by atoms with Crippen molar-refractivity contribution in [1.29, 1.82) is 0 Å². The lowest BCUT2D eigenvalue weighted by Crippen LogP contribution is -2.38. The monoisotopic (exact) mass is 550 g/mol. The zero-order valence-electron chi connectivity index (χ0n) is 23.8. The number of amides is 1. The van der Waals surface area contributed by atoms with E-state index in [9.17, 15) is 14.7 Å². The van der Waals surface area contributed by atoms with E-state index in [-0.39, 0.29) is 11.3 Å². The van der Waals surface area contributed by atoms with Gasteiger partial charge in [0.05, 0.1) is 38.0 Å². The fraction of sp³-hybridized carbons (Fsp3) is 0.500. The van der Waals surface area contributed by atoms with E-state index in [0.717, 1.165) is 56.6 Å². The molecule has 40 heavy (non-hydrogen) atoms. The van der Waals surface area contributed by atoms with E-state index >= 15 is 0 Å². The van der Waals surface area contributed by atoms with E-state index < -0.39 is 17.7 Å². The van der Waals surface area contributed by atoms with Gasteiger partial charge >= 0.3 is 0 Å². The number of Topliss-reactive ketones (excluding diaryl/α,β-unsaturated/α-hetero) is 1. The summed E-state index contributed by atoms with van der Waals surface area (Å²) in [6.45, 7) is 9.78. The van der Waals surface area contributed by atoms with Crippen molar-refractivity contribution in [1.82, 2.24) is 9.80 Å². The molecule has 2 aliphatic rings. The molecule has 1 unspecified atom stereocenters. The Balaban J connectivity index is 1.59. The van der Waals surface area contributed by atoms with Gasteiger partial charge in [0.1, 0.15) is 17.3 Å². The van der Waals surface area contributed by atoms with Gasteiger partial charge in [-0.25, -0.2) is 0 Å². The van der Waals surface area contributed by atoms with Gasteiger partial charge in [-0.15, -0.1) is 0 Å². The smallest absolute Gasteiger partial charge is 0.295 e. The van der Waals surface area contributed by atoms with Crippen molar-refractivity contribution < 1.29 is 28.9 Å². The number of hydrogen-bond acceptors (Lipinski definition) is 7. The molecule has 0 aliphatic carbocycles. The number of rotatable bonds is 14. The summed E-state index contributed by atoms with van der Waals surface area (Å²) in [5.74, 6) is -0.00261. The molecular formula is C32H42N2O6. The fourth-order valence-electron chi connectivity index (χ4n) is 5.12. The molecule has 2 aromatic carbocycles. The summed E-state index contributed by atoms with van der Waals surface area (Å²) in [6, 6.07) is 13.8. The fourth-order valence-corrected chi connectivity index (χ4v) is 5.12. The third-order valence-electron chi connectivity index (χ3n) is 7.33. The van der Waals surface area contributed by atoms with Crippen molar-refractivity contribution in [2.24, 2.45) is 0 Å². The highest BCUT2D eigenvalue weighted by Crippen LogP contribution is 2.40. The molecule has 1 amide bonds. The molecule has 2 heterocycles. The van der Waals surface area contributed by atoms with Crippen molar-refractivity contribution >= 4 is 17.4 Å². The van der Waals surface area contributed by atoms with Gasteiger partial charge in [0.15, 0.2) is 0 Å². The van der Waals surface area contributed by atoms with Crippen LogP contribution >= 0.6 is 0 Å². The number of morpholine rings is 1. The van der Waals surface area contributed by atoms with Crippen LogP contribution < -0.4 is 9.47 Å². The highest BCUT2D eigenvalue weighted by atomic mass is 16.5. The van der Waals surface area contributed by atoms with E-state index in [0.29, 0.717) is 50.7 Å². The first-order valence-corrected chi connectivity index (χ1v) is 14.6. The second kappa shape index (κ2) is 14.9. The number of ether oxygens (including phenoxy) is 3. The topological polar surface area (TPSA) is 88.5 Å². The number of benzene rings is 2. The molecule has 8 heteroatoms. The first kappa shape index (κ1) is 29.6. The predicted molar refractivity (Wildman–Crippen MR) is 155 cm³/mol. The quantitative estimate of drug-likeness (QED) is 0.150. The molecule has 216 valence electrons. The maximum atomic E-state index is 13.4. The lowest BCUT2D eigenvalue weighted by atomic mass is 9.95. The summed E-state index contributed by atoms with van der Waals surface area (Å²) in [5, 5.41) is 11.4. The van der Waals surface area contributed by atoms with Gasteiger partial charge in [0, 0.05) is 31.7 Å². The number of unbranched alkanes of at least 4 members (excludes halogenated alkanes) is 2. The van der Waals surface area contributed by atoms with Crippen LogP contribution in [0.5, 0.6) is 11.5 Å². The lowest BCUT2D eigenvalue weighted by Gasteiger charge is -2.29. The van der Waals surface area contributed by atoms with Gasteiger partial charge in [0.25, 0.3) is 11.7 Å². The van der Waals surface area contributed by atoms with Gasteiger partial charge in [-0.05, 0) is 61.2 Å². The summed E-state index contributed by atoms with van der Waals surface area (Å²) >= 11 is 0. The third-order valence-corrected chi connectivity index (χ3v) is 7.33. The van der Waals surface area contributed by atoms with E-state index in [2.05, 4.69) is 11.8 Å². The molecule has 0 spiro atoms. The number of aliphatic hydroxyl groups is 1. The molecule has 2 fully saturated rings. The van der Waals surface area contributed by atoms with Crippen LogP contribution in [0.3, 0.4) is 0 Å². The highest BCUT2D eigenvalue weighted by molar-refractivity contribution is 6.46. The third kappa shape index (κ3) is 7.43. The molecule has 0 radical (unpaired) electrons. The van der Waals surface area contributed by atoms with Crippen LogP contribution in [0.4, 0.5) is 0 Å². The van der Waals surface area contributed by atoms with Gasteiger partial charge in [-0.1, -0.05) is 38.8 Å². The van der Waals surface area contributed by atoms with Gasteiger partial charge < -0.3 is 24.2 Å². The number of likely N-dealkylation sites (tertiary alicyclic amines) is 1. The Kier molecular flexibility index (Phi) is 11.0. The second-order valence-corrected chi connectivity index (χ2v) is 10.3. The minimum atomic E-state index is -0.685. The minimum absolute atomic E-state index is 0.107. The Morgan fingerprint density at radius 3 is 2.15 bits per heavy atom. The Morgan fingerprint density at radius 2 is 1.50 bits per heavy atom. The van der Waals surface area contributed by atoms with E-state index in [1.165, 1.54) is 0 Å². The van der Waals surface area contributed by atoms with Crippen LogP contribution in [0.2, 0.25) is 0 Å². The largest absolute Gasteiger partial charge is 0.507 e. The van der Waals surface area contributed by atoms with Crippen LogP contribution in [0, 0.1) is 0 Å². The van der Waals surface area contributed by atoms with Crippen molar-refractivity contribution in [2.45, 2.75) is 52.0 Å². The van der Waals surface area contributed by atoms with Crippen LogP contribution in [0.1, 0.15) is 63.1 Å². The summed E-state index contributed by atoms with van der Waals surface area (Å²) in [7, 11) is 0. The van der Waals surface area contributed by atoms with Crippen molar-refractivity contribution in [2.75, 3.05) is 52.6 Å². The standard InChI is InChI=1S/C32H42N2O6/c1-3-5-6-21-40-27-12-8-24(9-13-27)29-28(30(35)25-10-14-26(15-11-25)39-20-4-2)31(36)32(37)34(29)17-7-16-33-18-22-38-23-19-33/h8-15,29,35H,3-7,16-23H2,1-2H3/b30-28+. The van der Waals surface area contributed by atoms with Crippen molar-refractivity contribution in [3.05, 3.63) is 65.2 Å². The minimum Gasteiger partial charge on any atom is -0.507 e. The number of carbonyl (C=O) groups is 2. The normalized spacial score (nSPS) is 19.2. The average Bonchev–Trinajstić information content (AvgIpc) is 3.24. The molecule has 1 atom stereocenters. The van der Waals surface area contributed by atoms with Gasteiger partial charge in [-0.3, -0.25) is 14.5 Å². The summed E-state index contributed by atoms with van der Waals surface area (Å²) in [4.78, 5) is 30.6. The molecule has 0 bridgehead atoms. The van der Waals surface area contributed by atoms with E-state index in [1.807, 2.05) is 31.2 Å². The molecule has 1 N–H and O–H groups in total. The Bertz CT molecular complexity index is 1140. The maximum Gasteiger partial charge on any atom is 0.295 e. The SMILES string of the molecule is CCCCCOc1ccc(C2/C(=C(\O)c3ccc(OCCC)cc3)C(=O)C(=O)N2CCCN2CCOCC2)cc1. The highest BCUT2D eigenvalue weighted by Gasteiger charge is 2.45. The predicted octanol–water partition coefficient (Wildman–Crippen LogP) is 5.19. The molecule has 2 saturated heterocycles. The molecule has 2 aromatic rings. The van der Waals surface area contributed by atoms with E-state index in [4.69, 9.17) is 14.2 Å². The number of aliphatic hydroxyl groups excluding tert-OH is 1. The first-order valence-electron chi connectivity index (χ1n) is 14.6. The van der Waals surface area contributed by atoms with Crippen LogP contribution in [0.15, 0.2) is 54.1 Å². The number of nitrogens with zero attached hydrogens (tertiary/aromatic N) is 2. The number of ketones is 1. The van der Waals surface area contributed by atoms with Crippen molar-refractivity contribution in [3.8, 4) is 11.5 Å². The van der Waals surface area contributed by atoms with Gasteiger partial charge in [-0.2, -0.15) is 0 Å². The number of carbonyl (C=O) groups excluding carboxylic acids is 2. The molecule has 0 saturated carbocycles. The Labute approximate surface area is 237 Å². The van der Waals surface area contributed by atoms with Crippen LogP contribution in [-0.2, 0) is 14.3 Å². The summed E-state index contributed by atoms with van der Waals surface area (Å²) in [6.07, 6.45) is 4.83. The van der Waals surface area contributed by atoms with E-state index in [1.54, 1.807) is 29.2 Å². The molecule has 0 aromatic heterocycles. The Hall–Kier alpha value is -3.36. The summed E-state index contributed by atoms with van der Waals surface area (Å²) in [5.41, 5.74) is 1.34. The first-order chi connectivity index (χ1) is 19.5.